The van der Waals surface area contributed by atoms with E-state index in [2.05, 4.69) is 18.7 Å². The van der Waals surface area contributed by atoms with Gasteiger partial charge in [-0.2, -0.15) is 0 Å². The zero-order valence-corrected chi connectivity index (χ0v) is 46.8. The lowest BCUT2D eigenvalue weighted by molar-refractivity contribution is -0.168. The third-order valence-corrected chi connectivity index (χ3v) is 13.1. The highest BCUT2D eigenvalue weighted by Gasteiger charge is 2.51. The summed E-state index contributed by atoms with van der Waals surface area (Å²) in [4.78, 5) is 78.3. The van der Waals surface area contributed by atoms with Gasteiger partial charge in [0.1, 0.15) is 22.4 Å². The van der Waals surface area contributed by atoms with Crippen molar-refractivity contribution in [2.75, 3.05) is 65.4 Å². The number of ether oxygens (including phenoxy) is 4. The first-order chi connectivity index (χ1) is 32.1. The second kappa shape index (κ2) is 30.3. The van der Waals surface area contributed by atoms with Gasteiger partial charge in [0.15, 0.2) is 0 Å². The second-order valence-corrected chi connectivity index (χ2v) is 24.6. The maximum atomic E-state index is 14.7. The molecule has 0 aromatic carbocycles. The summed E-state index contributed by atoms with van der Waals surface area (Å²) in [5, 5.41) is 0. The van der Waals surface area contributed by atoms with Crippen LogP contribution in [0.5, 0.6) is 0 Å². The number of hydrogen-bond acceptors (Lipinski definition) is 12. The number of hydrogen-bond donors (Lipinski definition) is 0. The molecule has 0 unspecified atom stereocenters. The van der Waals surface area contributed by atoms with E-state index in [0.29, 0.717) is 51.9 Å². The minimum atomic E-state index is -0.976. The first-order valence-corrected chi connectivity index (χ1v) is 27.5. The highest BCUT2D eigenvalue weighted by atomic mass is 16.6. The van der Waals surface area contributed by atoms with Crippen LogP contribution in [0.1, 0.15) is 225 Å². The van der Waals surface area contributed by atoms with Gasteiger partial charge in [-0.25, -0.2) is 0 Å². The van der Waals surface area contributed by atoms with Gasteiger partial charge < -0.3 is 23.8 Å². The molecule has 1 aliphatic carbocycles. The number of rotatable bonds is 29. The highest BCUT2D eigenvalue weighted by molar-refractivity contribution is 5.79. The van der Waals surface area contributed by atoms with Gasteiger partial charge in [-0.1, -0.05) is 104 Å². The maximum Gasteiger partial charge on any atom is 0.320 e. The molecule has 1 saturated heterocycles. The molecule has 0 aromatic rings. The molecule has 69 heavy (non-hydrogen) atoms. The molecule has 2 rings (SSSR count). The van der Waals surface area contributed by atoms with Gasteiger partial charge in [0, 0.05) is 45.2 Å². The number of nitrogens with zero attached hydrogens (tertiary/aromatic N) is 4. The van der Waals surface area contributed by atoms with Crippen molar-refractivity contribution in [3.8, 4) is 0 Å². The largest absolute Gasteiger partial charge is 0.459 e. The number of esters is 4. The Labute approximate surface area is 421 Å². The maximum absolute atomic E-state index is 14.7. The molecule has 2 aliphatic rings. The Balaban J connectivity index is 2.61. The SMILES string of the molecule is CCCCCCCCCCN(CCCCCCCCCC)C(=O)C1CCC(C2(N(CC(=O)OC(C)(C)C)CC(=O)OC(C)(C)C)CN(CC(=O)OC(C)(C)C)CCN(CC(=O)OC(C)(C)C)C2)CC1. The van der Waals surface area contributed by atoms with Crippen molar-refractivity contribution in [1.82, 2.24) is 19.6 Å². The highest BCUT2D eigenvalue weighted by Crippen LogP contribution is 2.42. The van der Waals surface area contributed by atoms with Crippen LogP contribution in [0.25, 0.3) is 0 Å². The van der Waals surface area contributed by atoms with Crippen LogP contribution in [0.3, 0.4) is 0 Å². The molecule has 0 bridgehead atoms. The van der Waals surface area contributed by atoms with Gasteiger partial charge in [0.2, 0.25) is 5.91 Å². The minimum Gasteiger partial charge on any atom is -0.459 e. The van der Waals surface area contributed by atoms with E-state index in [-0.39, 0.29) is 55.9 Å². The Morgan fingerprint density at radius 2 is 0.783 bits per heavy atom. The fourth-order valence-electron chi connectivity index (χ4n) is 10.1. The molecule has 1 aliphatic heterocycles. The van der Waals surface area contributed by atoms with Gasteiger partial charge in [0.05, 0.1) is 31.7 Å². The molecule has 13 heteroatoms. The van der Waals surface area contributed by atoms with Crippen LogP contribution in [0.4, 0.5) is 0 Å². The van der Waals surface area contributed by atoms with Crippen molar-refractivity contribution in [3.63, 3.8) is 0 Å². The van der Waals surface area contributed by atoms with E-state index >= 15 is 0 Å². The summed E-state index contributed by atoms with van der Waals surface area (Å²) in [7, 11) is 0. The molecule has 0 atom stereocenters. The van der Waals surface area contributed by atoms with Gasteiger partial charge in [-0.15, -0.1) is 0 Å². The zero-order valence-electron chi connectivity index (χ0n) is 46.8. The fraction of sp³-hybridized carbons (Fsp3) is 0.911. The number of amides is 1. The summed E-state index contributed by atoms with van der Waals surface area (Å²) in [6.45, 7) is 29.0. The Hall–Kier alpha value is -2.77. The van der Waals surface area contributed by atoms with E-state index in [0.717, 1.165) is 38.8 Å². The molecule has 0 N–H and O–H groups in total. The van der Waals surface area contributed by atoms with E-state index in [4.69, 9.17) is 18.9 Å². The molecule has 0 spiro atoms. The molecule has 1 heterocycles. The van der Waals surface area contributed by atoms with Crippen LogP contribution in [-0.2, 0) is 42.9 Å². The predicted molar refractivity (Wildman–Crippen MR) is 278 cm³/mol. The minimum absolute atomic E-state index is 0.0215. The van der Waals surface area contributed by atoms with E-state index in [1.165, 1.54) is 77.0 Å². The van der Waals surface area contributed by atoms with Crippen molar-refractivity contribution in [2.24, 2.45) is 11.8 Å². The van der Waals surface area contributed by atoms with Crippen LogP contribution in [0.15, 0.2) is 0 Å². The average Bonchev–Trinajstić information content (AvgIpc) is 3.38. The van der Waals surface area contributed by atoms with E-state index < -0.39 is 39.9 Å². The number of carbonyl (C=O) groups is 5. The van der Waals surface area contributed by atoms with Crippen molar-refractivity contribution in [3.05, 3.63) is 0 Å². The van der Waals surface area contributed by atoms with Crippen LogP contribution in [-0.4, -0.2) is 143 Å². The van der Waals surface area contributed by atoms with Crippen LogP contribution < -0.4 is 0 Å². The number of carbonyl (C=O) groups excluding carboxylic acids is 5. The molecular weight excluding hydrogens is 873 g/mol. The topological polar surface area (TPSA) is 135 Å². The summed E-state index contributed by atoms with van der Waals surface area (Å²) in [6.07, 6.45) is 22.1. The summed E-state index contributed by atoms with van der Waals surface area (Å²) in [6, 6.07) is 0. The van der Waals surface area contributed by atoms with Gasteiger partial charge in [-0.3, -0.25) is 38.7 Å². The van der Waals surface area contributed by atoms with E-state index in [9.17, 15) is 24.0 Å². The molecule has 2 fully saturated rings. The third-order valence-electron chi connectivity index (χ3n) is 13.1. The summed E-state index contributed by atoms with van der Waals surface area (Å²) in [5.74, 6) is -1.79. The zero-order chi connectivity index (χ0) is 51.9. The van der Waals surface area contributed by atoms with Crippen LogP contribution in [0, 0.1) is 11.8 Å². The van der Waals surface area contributed by atoms with E-state index in [1.807, 2.05) is 97.8 Å². The summed E-state index contributed by atoms with van der Waals surface area (Å²) in [5.41, 5.74) is -3.96. The summed E-state index contributed by atoms with van der Waals surface area (Å²) < 4.78 is 23.6. The molecule has 1 amide bonds. The lowest BCUT2D eigenvalue weighted by Gasteiger charge is -2.52. The van der Waals surface area contributed by atoms with Gasteiger partial charge in [-0.05, 0) is 128 Å². The monoisotopic (exact) mass is 977 g/mol. The van der Waals surface area contributed by atoms with Crippen molar-refractivity contribution in [1.29, 1.82) is 0 Å². The smallest absolute Gasteiger partial charge is 0.320 e. The van der Waals surface area contributed by atoms with Crippen molar-refractivity contribution < 1.29 is 42.9 Å². The van der Waals surface area contributed by atoms with Crippen LogP contribution >= 0.6 is 0 Å². The first kappa shape index (κ1) is 62.3. The molecule has 13 nitrogen and oxygen atoms in total. The average molecular weight is 977 g/mol. The summed E-state index contributed by atoms with van der Waals surface area (Å²) >= 11 is 0. The molecule has 1 saturated carbocycles. The Bertz CT molecular complexity index is 1430. The predicted octanol–water partition coefficient (Wildman–Crippen LogP) is 10.9. The van der Waals surface area contributed by atoms with Gasteiger partial charge >= 0.3 is 23.9 Å². The molecule has 0 radical (unpaired) electrons. The standard InChI is InChI=1S/C56H104N4O9/c1-15-17-19-21-23-25-27-29-35-59(36-30-28-26-24-22-20-18-16-2)51(65)45-31-33-46(34-32-45)56(60(41-49(63)68-54(9,10)11)42-50(64)69-55(12,13)14)43-57(39-47(61)66-52(3,4)5)37-38-58(44-56)40-48(62)67-53(6,7)8/h45-46H,15-44H2,1-14H3. The number of unbranched alkanes of at least 4 members (excludes halogenated alkanes) is 14. The van der Waals surface area contributed by atoms with Crippen LogP contribution in [0.2, 0.25) is 0 Å². The second-order valence-electron chi connectivity index (χ2n) is 24.6. The van der Waals surface area contributed by atoms with Crippen molar-refractivity contribution >= 4 is 29.8 Å². The normalized spacial score (nSPS) is 18.7. The lowest BCUT2D eigenvalue weighted by Crippen LogP contribution is -2.66. The Morgan fingerprint density at radius 3 is 1.12 bits per heavy atom. The molecule has 402 valence electrons. The fourth-order valence-corrected chi connectivity index (χ4v) is 10.1. The first-order valence-electron chi connectivity index (χ1n) is 27.5. The Kier molecular flexibility index (Phi) is 27.4. The van der Waals surface area contributed by atoms with Gasteiger partial charge in [0.25, 0.3) is 0 Å². The quantitative estimate of drug-likeness (QED) is 0.0401. The van der Waals surface area contributed by atoms with E-state index in [1.54, 1.807) is 0 Å². The third kappa shape index (κ3) is 27.0. The van der Waals surface area contributed by atoms with Crippen molar-refractivity contribution in [2.45, 2.75) is 253 Å². The lowest BCUT2D eigenvalue weighted by atomic mass is 9.69. The molecule has 0 aromatic heterocycles. The Morgan fingerprint density at radius 1 is 0.464 bits per heavy atom. The molecular formula is C56H104N4O9.